The number of benzene rings is 1. The number of nitrogens with one attached hydrogen (secondary N) is 2. The Morgan fingerprint density at radius 2 is 1.73 bits per heavy atom. The van der Waals surface area contributed by atoms with Gasteiger partial charge < -0.3 is 0 Å². The average Bonchev–Trinajstić information content (AvgIpc) is 2.52. The summed E-state index contributed by atoms with van der Waals surface area (Å²) in [7, 11) is 0. The highest BCUT2D eigenvalue weighted by atomic mass is 35.5. The minimum Gasteiger partial charge on any atom is -0.287 e. The molecular formula is C16H21Cl2N3O. The summed E-state index contributed by atoms with van der Waals surface area (Å²) in [6, 6.07) is 13.9. The van der Waals surface area contributed by atoms with E-state index < -0.39 is 0 Å². The number of nitrogens with zero attached hydrogens (tertiary/aromatic N) is 1. The van der Waals surface area contributed by atoms with E-state index in [0.29, 0.717) is 5.56 Å². The lowest BCUT2D eigenvalue weighted by atomic mass is 10.1. The highest BCUT2D eigenvalue weighted by Crippen LogP contribution is 2.04. The number of hydrogen-bond acceptors (Lipinski definition) is 3. The third-order valence-corrected chi connectivity index (χ3v) is 3.08. The van der Waals surface area contributed by atoms with Gasteiger partial charge in [0.1, 0.15) is 0 Å². The monoisotopic (exact) mass is 341 g/mol. The highest BCUT2D eigenvalue weighted by molar-refractivity contribution is 5.93. The van der Waals surface area contributed by atoms with Gasteiger partial charge in [-0.05, 0) is 37.5 Å². The molecule has 1 unspecified atom stereocenters. The lowest BCUT2D eigenvalue weighted by Crippen LogP contribution is -2.43. The van der Waals surface area contributed by atoms with Crippen LogP contribution in [0, 0.1) is 0 Å². The van der Waals surface area contributed by atoms with Gasteiger partial charge in [-0.25, -0.2) is 5.43 Å². The van der Waals surface area contributed by atoms with Crippen LogP contribution in [0.1, 0.15) is 29.3 Å². The molecule has 1 atom stereocenters. The van der Waals surface area contributed by atoms with E-state index in [4.69, 9.17) is 0 Å². The Kier molecular flexibility index (Phi) is 10.2. The van der Waals surface area contributed by atoms with Crippen LogP contribution in [0.5, 0.6) is 0 Å². The molecule has 2 N–H and O–H groups in total. The van der Waals surface area contributed by atoms with Crippen molar-refractivity contribution in [3.05, 3.63) is 66.0 Å². The van der Waals surface area contributed by atoms with Crippen molar-refractivity contribution in [1.82, 2.24) is 15.8 Å². The van der Waals surface area contributed by atoms with Gasteiger partial charge in [0.05, 0.1) is 0 Å². The van der Waals surface area contributed by atoms with Crippen molar-refractivity contribution in [3.63, 3.8) is 0 Å². The van der Waals surface area contributed by atoms with E-state index in [1.807, 2.05) is 18.2 Å². The van der Waals surface area contributed by atoms with Crippen molar-refractivity contribution in [2.24, 2.45) is 0 Å². The third kappa shape index (κ3) is 6.89. The molecule has 0 aliphatic heterocycles. The molecule has 1 amide bonds. The standard InChI is InChI=1S/C16H19N3O.2ClH/c1-13(7-8-14-5-3-2-4-6-14)18-19-16(20)15-9-11-17-12-10-15;;/h2-6,9-13,18H,7-8H2,1H3,(H,19,20);2*1H. The maximum Gasteiger partial charge on any atom is 0.265 e. The predicted molar refractivity (Wildman–Crippen MR) is 93.6 cm³/mol. The molecule has 4 nitrogen and oxygen atoms in total. The summed E-state index contributed by atoms with van der Waals surface area (Å²) in [6.45, 7) is 2.05. The Balaban J connectivity index is 0.00000220. The summed E-state index contributed by atoms with van der Waals surface area (Å²) in [4.78, 5) is 15.7. The Bertz CT molecular complexity index is 538. The van der Waals surface area contributed by atoms with Crippen molar-refractivity contribution >= 4 is 30.7 Å². The largest absolute Gasteiger partial charge is 0.287 e. The first-order valence-electron chi connectivity index (χ1n) is 6.75. The fraction of sp³-hybridized carbons (Fsp3) is 0.250. The van der Waals surface area contributed by atoms with Crippen LogP contribution in [0.3, 0.4) is 0 Å². The number of amides is 1. The molecule has 0 saturated carbocycles. The van der Waals surface area contributed by atoms with Gasteiger partial charge in [-0.15, -0.1) is 24.8 Å². The van der Waals surface area contributed by atoms with Gasteiger partial charge in [0.2, 0.25) is 0 Å². The van der Waals surface area contributed by atoms with Crippen molar-refractivity contribution < 1.29 is 4.79 Å². The zero-order chi connectivity index (χ0) is 14.2. The van der Waals surface area contributed by atoms with Crippen LogP contribution in [0.25, 0.3) is 0 Å². The quantitative estimate of drug-likeness (QED) is 0.793. The normalized spacial score (nSPS) is 10.8. The zero-order valence-corrected chi connectivity index (χ0v) is 14.0. The van der Waals surface area contributed by atoms with Crippen molar-refractivity contribution in [1.29, 1.82) is 0 Å². The zero-order valence-electron chi connectivity index (χ0n) is 12.4. The molecule has 22 heavy (non-hydrogen) atoms. The molecule has 0 radical (unpaired) electrons. The van der Waals surface area contributed by atoms with Crippen LogP contribution in [-0.2, 0) is 6.42 Å². The van der Waals surface area contributed by atoms with Gasteiger partial charge >= 0.3 is 0 Å². The number of aromatic nitrogens is 1. The summed E-state index contributed by atoms with van der Waals surface area (Å²) in [5.74, 6) is -0.140. The van der Waals surface area contributed by atoms with Crippen molar-refractivity contribution in [3.8, 4) is 0 Å². The van der Waals surface area contributed by atoms with E-state index in [-0.39, 0.29) is 36.8 Å². The second kappa shape index (κ2) is 11.0. The number of rotatable bonds is 6. The predicted octanol–water partition coefficient (Wildman–Crippen LogP) is 3.18. The first-order valence-corrected chi connectivity index (χ1v) is 6.75. The average molecular weight is 342 g/mol. The smallest absolute Gasteiger partial charge is 0.265 e. The molecule has 0 bridgehead atoms. The minimum absolute atomic E-state index is 0. The van der Waals surface area contributed by atoms with Gasteiger partial charge in [0.15, 0.2) is 0 Å². The fourth-order valence-corrected chi connectivity index (χ4v) is 1.86. The van der Waals surface area contributed by atoms with E-state index in [9.17, 15) is 4.79 Å². The molecule has 0 aliphatic carbocycles. The maximum atomic E-state index is 11.8. The summed E-state index contributed by atoms with van der Waals surface area (Å²) >= 11 is 0. The molecule has 1 aromatic carbocycles. The van der Waals surface area contributed by atoms with Gasteiger partial charge in [0.25, 0.3) is 5.91 Å². The molecule has 2 rings (SSSR count). The van der Waals surface area contributed by atoms with E-state index >= 15 is 0 Å². The fourth-order valence-electron chi connectivity index (χ4n) is 1.86. The Hall–Kier alpha value is -1.62. The number of carbonyl (C=O) groups excluding carboxylic acids is 1. The molecule has 0 spiro atoms. The van der Waals surface area contributed by atoms with Gasteiger partial charge in [-0.2, -0.15) is 0 Å². The van der Waals surface area contributed by atoms with Crippen molar-refractivity contribution in [2.45, 2.75) is 25.8 Å². The molecule has 6 heteroatoms. The Labute approximate surface area is 143 Å². The molecule has 0 saturated heterocycles. The molecule has 120 valence electrons. The summed E-state index contributed by atoms with van der Waals surface area (Å²) in [5.41, 5.74) is 7.66. The lowest BCUT2D eigenvalue weighted by Gasteiger charge is -2.14. The first kappa shape index (κ1) is 20.4. The summed E-state index contributed by atoms with van der Waals surface area (Å²) < 4.78 is 0. The number of hydrogen-bond donors (Lipinski definition) is 2. The van der Waals surface area contributed by atoms with Gasteiger partial charge in [-0.3, -0.25) is 15.2 Å². The van der Waals surface area contributed by atoms with Crippen LogP contribution in [0.4, 0.5) is 0 Å². The maximum absolute atomic E-state index is 11.8. The number of carbonyl (C=O) groups is 1. The van der Waals surface area contributed by atoms with Crippen LogP contribution in [-0.4, -0.2) is 16.9 Å². The minimum atomic E-state index is -0.140. The number of hydrazine groups is 1. The summed E-state index contributed by atoms with van der Waals surface area (Å²) in [5, 5.41) is 0. The van der Waals surface area contributed by atoms with E-state index in [0.717, 1.165) is 12.8 Å². The first-order chi connectivity index (χ1) is 9.75. The summed E-state index contributed by atoms with van der Waals surface area (Å²) in [6.07, 6.45) is 5.16. The SMILES string of the molecule is CC(CCc1ccccc1)NNC(=O)c1ccncc1.Cl.Cl. The number of pyridine rings is 1. The molecule has 2 aromatic rings. The van der Waals surface area contributed by atoms with Crippen LogP contribution >= 0.6 is 24.8 Å². The van der Waals surface area contributed by atoms with E-state index in [1.54, 1.807) is 24.5 Å². The van der Waals surface area contributed by atoms with Crippen molar-refractivity contribution in [2.75, 3.05) is 0 Å². The van der Waals surface area contributed by atoms with Gasteiger partial charge in [-0.1, -0.05) is 30.3 Å². The van der Waals surface area contributed by atoms with Crippen LogP contribution in [0.15, 0.2) is 54.9 Å². The molecule has 0 aliphatic rings. The Morgan fingerprint density at radius 3 is 2.36 bits per heavy atom. The van der Waals surface area contributed by atoms with E-state index in [2.05, 4.69) is 34.9 Å². The number of aryl methyl sites for hydroxylation is 1. The second-order valence-corrected chi connectivity index (χ2v) is 4.76. The number of halogens is 2. The Morgan fingerprint density at radius 1 is 1.09 bits per heavy atom. The molecule has 0 fully saturated rings. The molecule has 1 heterocycles. The van der Waals surface area contributed by atoms with E-state index in [1.165, 1.54) is 5.56 Å². The highest BCUT2D eigenvalue weighted by Gasteiger charge is 2.06. The second-order valence-electron chi connectivity index (χ2n) is 4.76. The third-order valence-electron chi connectivity index (χ3n) is 3.08. The van der Waals surface area contributed by atoms with Crippen LogP contribution < -0.4 is 10.9 Å². The lowest BCUT2D eigenvalue weighted by molar-refractivity contribution is 0.0925. The molecular weight excluding hydrogens is 321 g/mol. The van der Waals surface area contributed by atoms with Crippen LogP contribution in [0.2, 0.25) is 0 Å². The topological polar surface area (TPSA) is 54.0 Å². The molecule has 1 aromatic heterocycles. The van der Waals surface area contributed by atoms with Gasteiger partial charge in [0, 0.05) is 24.0 Å².